The van der Waals surface area contributed by atoms with Crippen LogP contribution in [0.1, 0.15) is 26.3 Å². The third-order valence-corrected chi connectivity index (χ3v) is 2.45. The average molecular weight is 273 g/mol. The van der Waals surface area contributed by atoms with Crippen molar-refractivity contribution in [3.05, 3.63) is 23.8 Å². The number of hydrogen-bond acceptors (Lipinski definition) is 2. The maximum absolute atomic E-state index is 9.74. The zero-order valence-corrected chi connectivity index (χ0v) is 11.0. The summed E-state index contributed by atoms with van der Waals surface area (Å²) in [6.45, 7) is 6.86. The van der Waals surface area contributed by atoms with E-state index < -0.39 is 0 Å². The van der Waals surface area contributed by atoms with Gasteiger partial charge >= 0.3 is 0 Å². The monoisotopic (exact) mass is 272 g/mol. The van der Waals surface area contributed by atoms with Crippen molar-refractivity contribution >= 4 is 15.9 Å². The van der Waals surface area contributed by atoms with E-state index in [4.69, 9.17) is 4.74 Å². The van der Waals surface area contributed by atoms with Gasteiger partial charge in [-0.25, -0.2) is 0 Å². The zero-order chi connectivity index (χ0) is 11.5. The lowest BCUT2D eigenvalue weighted by Gasteiger charge is -2.23. The SMILES string of the molecule is CC(C)(C)c1cccc(O)c1OCCBr. The van der Waals surface area contributed by atoms with Gasteiger partial charge < -0.3 is 9.84 Å². The van der Waals surface area contributed by atoms with Gasteiger partial charge in [0.2, 0.25) is 0 Å². The minimum Gasteiger partial charge on any atom is -0.504 e. The summed E-state index contributed by atoms with van der Waals surface area (Å²) in [4.78, 5) is 0. The van der Waals surface area contributed by atoms with Crippen LogP contribution in [0.25, 0.3) is 0 Å². The van der Waals surface area contributed by atoms with Crippen molar-refractivity contribution in [2.24, 2.45) is 0 Å². The summed E-state index contributed by atoms with van der Waals surface area (Å²) in [6.07, 6.45) is 0. The molecular formula is C12H17BrO2. The summed E-state index contributed by atoms with van der Waals surface area (Å²) in [5, 5.41) is 10.5. The molecule has 0 aliphatic rings. The van der Waals surface area contributed by atoms with E-state index in [-0.39, 0.29) is 11.2 Å². The molecule has 1 rings (SSSR count). The second-order valence-electron chi connectivity index (χ2n) is 4.44. The molecule has 0 spiro atoms. The van der Waals surface area contributed by atoms with Crippen LogP contribution in [-0.4, -0.2) is 17.0 Å². The Bertz CT molecular complexity index is 329. The fraction of sp³-hybridized carbons (Fsp3) is 0.500. The van der Waals surface area contributed by atoms with Crippen LogP contribution in [0.5, 0.6) is 11.5 Å². The predicted octanol–water partition coefficient (Wildman–Crippen LogP) is 3.46. The highest BCUT2D eigenvalue weighted by atomic mass is 79.9. The lowest BCUT2D eigenvalue weighted by molar-refractivity contribution is 0.312. The lowest BCUT2D eigenvalue weighted by atomic mass is 9.86. The van der Waals surface area contributed by atoms with Gasteiger partial charge in [-0.1, -0.05) is 48.8 Å². The molecule has 0 bridgehead atoms. The standard InChI is InChI=1S/C12H17BrO2/c1-12(2,3)9-5-4-6-10(14)11(9)15-8-7-13/h4-6,14H,7-8H2,1-3H3. The molecule has 0 saturated carbocycles. The number of ether oxygens (including phenoxy) is 1. The molecule has 0 atom stereocenters. The molecule has 0 amide bonds. The fourth-order valence-corrected chi connectivity index (χ4v) is 1.57. The molecule has 0 fully saturated rings. The molecule has 0 saturated heterocycles. The quantitative estimate of drug-likeness (QED) is 0.854. The zero-order valence-electron chi connectivity index (χ0n) is 9.38. The summed E-state index contributed by atoms with van der Waals surface area (Å²) >= 11 is 3.30. The molecular weight excluding hydrogens is 256 g/mol. The normalized spacial score (nSPS) is 11.5. The Morgan fingerprint density at radius 1 is 1.33 bits per heavy atom. The van der Waals surface area contributed by atoms with E-state index in [2.05, 4.69) is 36.7 Å². The maximum Gasteiger partial charge on any atom is 0.164 e. The second-order valence-corrected chi connectivity index (χ2v) is 5.23. The van der Waals surface area contributed by atoms with Crippen LogP contribution < -0.4 is 4.74 Å². The van der Waals surface area contributed by atoms with Gasteiger partial charge in [0.05, 0.1) is 6.61 Å². The number of phenols is 1. The molecule has 84 valence electrons. The minimum absolute atomic E-state index is 0.0274. The van der Waals surface area contributed by atoms with Crippen LogP contribution in [0.3, 0.4) is 0 Å². The van der Waals surface area contributed by atoms with Crippen molar-refractivity contribution in [3.8, 4) is 11.5 Å². The number of para-hydroxylation sites is 1. The molecule has 1 N–H and O–H groups in total. The van der Waals surface area contributed by atoms with Gasteiger partial charge in [0.1, 0.15) is 0 Å². The number of benzene rings is 1. The second kappa shape index (κ2) is 4.88. The van der Waals surface area contributed by atoms with Crippen LogP contribution in [0, 0.1) is 0 Å². The van der Waals surface area contributed by atoms with E-state index in [1.54, 1.807) is 6.07 Å². The van der Waals surface area contributed by atoms with Gasteiger partial charge in [-0.15, -0.1) is 0 Å². The summed E-state index contributed by atoms with van der Waals surface area (Å²) in [7, 11) is 0. The van der Waals surface area contributed by atoms with E-state index in [9.17, 15) is 5.11 Å². The Hall–Kier alpha value is -0.700. The van der Waals surface area contributed by atoms with Gasteiger partial charge in [0.25, 0.3) is 0 Å². The third-order valence-electron chi connectivity index (χ3n) is 2.13. The maximum atomic E-state index is 9.74. The lowest BCUT2D eigenvalue weighted by Crippen LogP contribution is -2.14. The highest BCUT2D eigenvalue weighted by molar-refractivity contribution is 9.09. The number of alkyl halides is 1. The van der Waals surface area contributed by atoms with Crippen molar-refractivity contribution < 1.29 is 9.84 Å². The molecule has 1 aromatic carbocycles. The first-order chi connectivity index (χ1) is 6.96. The minimum atomic E-state index is -0.0274. The molecule has 0 heterocycles. The molecule has 0 radical (unpaired) electrons. The molecule has 1 aromatic rings. The fourth-order valence-electron chi connectivity index (χ4n) is 1.41. The van der Waals surface area contributed by atoms with Crippen LogP contribution >= 0.6 is 15.9 Å². The first kappa shape index (κ1) is 12.4. The van der Waals surface area contributed by atoms with Gasteiger partial charge in [-0.3, -0.25) is 0 Å². The third kappa shape index (κ3) is 3.13. The topological polar surface area (TPSA) is 29.5 Å². The highest BCUT2D eigenvalue weighted by Crippen LogP contribution is 2.37. The van der Waals surface area contributed by atoms with Crippen LogP contribution in [0.4, 0.5) is 0 Å². The van der Waals surface area contributed by atoms with Crippen molar-refractivity contribution in [1.82, 2.24) is 0 Å². The van der Waals surface area contributed by atoms with E-state index in [0.29, 0.717) is 12.4 Å². The molecule has 2 nitrogen and oxygen atoms in total. The number of hydrogen-bond donors (Lipinski definition) is 1. The van der Waals surface area contributed by atoms with E-state index in [1.807, 2.05) is 12.1 Å². The Morgan fingerprint density at radius 2 is 2.00 bits per heavy atom. The Kier molecular flexibility index (Phi) is 4.03. The first-order valence-corrected chi connectivity index (χ1v) is 6.10. The van der Waals surface area contributed by atoms with Gasteiger partial charge in [0, 0.05) is 10.9 Å². The smallest absolute Gasteiger partial charge is 0.164 e. The first-order valence-electron chi connectivity index (χ1n) is 4.98. The summed E-state index contributed by atoms with van der Waals surface area (Å²) in [5.74, 6) is 0.813. The van der Waals surface area contributed by atoms with Crippen LogP contribution in [0.15, 0.2) is 18.2 Å². The van der Waals surface area contributed by atoms with Gasteiger partial charge in [-0.2, -0.15) is 0 Å². The van der Waals surface area contributed by atoms with Crippen LogP contribution in [0.2, 0.25) is 0 Å². The number of phenolic OH excluding ortho intramolecular Hbond substituents is 1. The van der Waals surface area contributed by atoms with Crippen LogP contribution in [-0.2, 0) is 5.41 Å². The molecule has 0 aromatic heterocycles. The Labute approximate surface area is 99.4 Å². The van der Waals surface area contributed by atoms with Crippen molar-refractivity contribution in [2.75, 3.05) is 11.9 Å². The molecule has 3 heteroatoms. The van der Waals surface area contributed by atoms with Crippen molar-refractivity contribution in [2.45, 2.75) is 26.2 Å². The summed E-state index contributed by atoms with van der Waals surface area (Å²) in [6, 6.07) is 5.49. The molecule has 0 aliphatic heterocycles. The molecule has 15 heavy (non-hydrogen) atoms. The van der Waals surface area contributed by atoms with Gasteiger partial charge in [0.15, 0.2) is 11.5 Å². The number of aromatic hydroxyl groups is 1. The summed E-state index contributed by atoms with van der Waals surface area (Å²) in [5.41, 5.74) is 1.00. The highest BCUT2D eigenvalue weighted by Gasteiger charge is 2.20. The predicted molar refractivity (Wildman–Crippen MR) is 66.1 cm³/mol. The van der Waals surface area contributed by atoms with Gasteiger partial charge in [-0.05, 0) is 11.5 Å². The Morgan fingerprint density at radius 3 is 2.53 bits per heavy atom. The molecule has 0 unspecified atom stereocenters. The largest absolute Gasteiger partial charge is 0.504 e. The Balaban J connectivity index is 3.09. The van der Waals surface area contributed by atoms with E-state index in [0.717, 1.165) is 10.9 Å². The number of rotatable bonds is 3. The van der Waals surface area contributed by atoms with E-state index in [1.165, 1.54) is 0 Å². The number of halogens is 1. The average Bonchev–Trinajstić information content (AvgIpc) is 2.14. The van der Waals surface area contributed by atoms with Crippen molar-refractivity contribution in [3.63, 3.8) is 0 Å². The summed E-state index contributed by atoms with van der Waals surface area (Å²) < 4.78 is 5.55. The van der Waals surface area contributed by atoms with E-state index >= 15 is 0 Å². The van der Waals surface area contributed by atoms with Crippen molar-refractivity contribution in [1.29, 1.82) is 0 Å². The molecule has 0 aliphatic carbocycles.